The minimum atomic E-state index is -1.56. The van der Waals surface area contributed by atoms with Gasteiger partial charge in [-0.25, -0.2) is 0 Å². The van der Waals surface area contributed by atoms with Crippen molar-refractivity contribution in [2.24, 2.45) is 10.8 Å². The highest BCUT2D eigenvalue weighted by molar-refractivity contribution is 7.99. The summed E-state index contributed by atoms with van der Waals surface area (Å²) >= 11 is 4.95. The number of hydrogen-bond donors (Lipinski definition) is 3. The van der Waals surface area contributed by atoms with Crippen molar-refractivity contribution in [3.8, 4) is 0 Å². The average Bonchev–Trinajstić information content (AvgIpc) is 3.20. The third-order valence-corrected chi connectivity index (χ3v) is 14.1. The predicted molar refractivity (Wildman–Crippen MR) is 227 cm³/mol. The van der Waals surface area contributed by atoms with Crippen molar-refractivity contribution in [2.45, 2.75) is 58.8 Å². The van der Waals surface area contributed by atoms with Crippen LogP contribution in [0.15, 0.2) is 170 Å². The van der Waals surface area contributed by atoms with Crippen molar-refractivity contribution >= 4 is 67.0 Å². The molecule has 7 aromatic rings. The quantitative estimate of drug-likeness (QED) is 0.151. The maximum Gasteiger partial charge on any atom is 0.312 e. The van der Waals surface area contributed by atoms with Gasteiger partial charge in [-0.3, -0.25) is 14.4 Å². The van der Waals surface area contributed by atoms with Crippen molar-refractivity contribution in [1.82, 2.24) is 0 Å². The SMILES string of the molecule is CC(C)(C(=O)O)C1(O)c2ccccc2Sc2ccccc21.CC(C)(C(=O)O)C1c2ccccc2Sc2ccccc21.O=c1c2ccccc2sc2ccccc12. The Hall–Kier alpha value is -5.19. The maximum absolute atomic E-state index is 12.1. The van der Waals surface area contributed by atoms with E-state index >= 15 is 0 Å². The standard InChI is InChI=1S/C17H16O3S.C17H16O2S.C13H8OS/c1-16(2,15(18)19)17(20)11-7-3-5-9-13(11)21-14-10-6-4-8-12(14)17;1-17(2,16(18)19)15-11-7-3-5-9-13(11)20-14-10-6-4-8-12(14)15;14-13-9-5-1-3-7-11(9)15-12-8-4-2-6-10(12)13/h3-10,20H,1-2H3,(H,18,19);3-10,15H,1-2H3,(H,18,19);1-8H. The van der Waals surface area contributed by atoms with Gasteiger partial charge >= 0.3 is 11.9 Å². The number of carboxylic acid groups (broad SMARTS) is 2. The number of aliphatic hydroxyl groups is 1. The fraction of sp³-hybridized carbons (Fsp3) is 0.170. The minimum absolute atomic E-state index is 0.117. The first-order valence-corrected chi connectivity index (χ1v) is 20.5. The summed E-state index contributed by atoms with van der Waals surface area (Å²) in [6.07, 6.45) is 0. The van der Waals surface area contributed by atoms with Crippen LogP contribution in [0.4, 0.5) is 0 Å². The van der Waals surface area contributed by atoms with E-state index in [9.17, 15) is 29.7 Å². The van der Waals surface area contributed by atoms with E-state index in [1.54, 1.807) is 48.7 Å². The molecule has 6 aromatic carbocycles. The Bertz CT molecular complexity index is 2530. The number of hydrogen-bond acceptors (Lipinski definition) is 7. The van der Waals surface area contributed by atoms with Crippen LogP contribution in [0.1, 0.15) is 55.9 Å². The smallest absolute Gasteiger partial charge is 0.312 e. The van der Waals surface area contributed by atoms with Gasteiger partial charge in [0.2, 0.25) is 0 Å². The van der Waals surface area contributed by atoms with Gasteiger partial charge in [-0.05, 0) is 87.4 Å². The van der Waals surface area contributed by atoms with Gasteiger partial charge in [0.05, 0.1) is 10.8 Å². The van der Waals surface area contributed by atoms with Gasteiger partial charge in [0.15, 0.2) is 5.43 Å². The van der Waals surface area contributed by atoms with Crippen LogP contribution in [-0.4, -0.2) is 27.3 Å². The highest BCUT2D eigenvalue weighted by atomic mass is 32.2. The van der Waals surface area contributed by atoms with Crippen molar-refractivity contribution in [1.29, 1.82) is 0 Å². The fourth-order valence-corrected chi connectivity index (χ4v) is 10.8. The molecule has 0 bridgehead atoms. The normalized spacial score (nSPS) is 14.1. The van der Waals surface area contributed by atoms with Gasteiger partial charge in [-0.1, -0.05) is 121 Å². The fourth-order valence-electron chi connectivity index (χ4n) is 7.36. The largest absolute Gasteiger partial charge is 0.481 e. The van der Waals surface area contributed by atoms with E-state index in [4.69, 9.17) is 0 Å². The number of fused-ring (bicyclic) bond motifs is 6. The molecule has 2 aliphatic heterocycles. The van der Waals surface area contributed by atoms with Crippen LogP contribution in [0.5, 0.6) is 0 Å². The molecule has 1 aromatic heterocycles. The van der Waals surface area contributed by atoms with Gasteiger partial charge in [-0.15, -0.1) is 11.3 Å². The second kappa shape index (κ2) is 15.4. The minimum Gasteiger partial charge on any atom is -0.481 e. The summed E-state index contributed by atoms with van der Waals surface area (Å²) in [5.74, 6) is -1.91. The lowest BCUT2D eigenvalue weighted by Gasteiger charge is -2.44. The van der Waals surface area contributed by atoms with Crippen LogP contribution in [0.3, 0.4) is 0 Å². The first kappa shape index (κ1) is 39.1. The van der Waals surface area contributed by atoms with Gasteiger partial charge in [0.25, 0.3) is 0 Å². The van der Waals surface area contributed by atoms with Crippen molar-refractivity contribution < 1.29 is 24.9 Å². The van der Waals surface area contributed by atoms with Gasteiger partial charge < -0.3 is 15.3 Å². The molecule has 0 radical (unpaired) electrons. The summed E-state index contributed by atoms with van der Waals surface area (Å²) in [7, 11) is 0. The molecule has 0 saturated carbocycles. The van der Waals surface area contributed by atoms with Gasteiger partial charge in [0, 0.05) is 56.8 Å². The Balaban J connectivity index is 0.000000130. The molecular weight excluding hydrogens is 757 g/mol. The summed E-state index contributed by atoms with van der Waals surface area (Å²) in [6.45, 7) is 6.75. The lowest BCUT2D eigenvalue weighted by atomic mass is 9.67. The van der Waals surface area contributed by atoms with Crippen LogP contribution >= 0.6 is 34.9 Å². The van der Waals surface area contributed by atoms with Gasteiger partial charge in [0.1, 0.15) is 5.60 Å². The molecule has 2 aliphatic rings. The number of rotatable bonds is 4. The number of carbonyl (C=O) groups is 2. The van der Waals surface area contributed by atoms with E-state index in [2.05, 4.69) is 12.1 Å². The monoisotopic (exact) mass is 796 g/mol. The van der Waals surface area contributed by atoms with E-state index in [0.29, 0.717) is 11.1 Å². The maximum atomic E-state index is 12.1. The zero-order valence-electron chi connectivity index (χ0n) is 31.2. The second-order valence-corrected chi connectivity index (χ2v) is 18.0. The molecule has 282 valence electrons. The molecule has 0 amide bonds. The molecule has 9 heteroatoms. The molecule has 3 N–H and O–H groups in total. The molecule has 9 rings (SSSR count). The van der Waals surface area contributed by atoms with Crippen LogP contribution in [0.25, 0.3) is 20.2 Å². The third kappa shape index (κ3) is 6.83. The zero-order chi connectivity index (χ0) is 39.8. The Morgan fingerprint density at radius 3 is 1.36 bits per heavy atom. The molecule has 6 nitrogen and oxygen atoms in total. The molecule has 56 heavy (non-hydrogen) atoms. The van der Waals surface area contributed by atoms with Crippen LogP contribution in [-0.2, 0) is 15.2 Å². The number of aliphatic carboxylic acids is 2. The van der Waals surface area contributed by atoms with Gasteiger partial charge in [-0.2, -0.15) is 0 Å². The lowest BCUT2D eigenvalue weighted by molar-refractivity contribution is -0.161. The molecule has 0 aliphatic carbocycles. The first-order chi connectivity index (χ1) is 26.8. The average molecular weight is 797 g/mol. The van der Waals surface area contributed by atoms with E-state index < -0.39 is 28.4 Å². The molecule has 0 spiro atoms. The van der Waals surface area contributed by atoms with E-state index in [1.807, 2.05) is 147 Å². The van der Waals surface area contributed by atoms with Crippen LogP contribution < -0.4 is 5.43 Å². The molecule has 0 unspecified atom stereocenters. The van der Waals surface area contributed by atoms with Crippen LogP contribution in [0, 0.1) is 10.8 Å². The Morgan fingerprint density at radius 1 is 0.536 bits per heavy atom. The molecule has 3 heterocycles. The zero-order valence-corrected chi connectivity index (χ0v) is 33.7. The van der Waals surface area contributed by atoms with Crippen molar-refractivity contribution in [2.75, 3.05) is 0 Å². The molecule has 0 fully saturated rings. The third-order valence-electron chi connectivity index (χ3n) is 10.6. The Labute approximate surface area is 337 Å². The summed E-state index contributed by atoms with van der Waals surface area (Å²) < 4.78 is 2.11. The lowest BCUT2D eigenvalue weighted by Crippen LogP contribution is -2.49. The predicted octanol–water partition coefficient (Wildman–Crippen LogP) is 11.3. The number of carboxylic acids is 2. The second-order valence-electron chi connectivity index (χ2n) is 14.8. The highest BCUT2D eigenvalue weighted by Crippen LogP contribution is 2.55. The van der Waals surface area contributed by atoms with Crippen LogP contribution in [0.2, 0.25) is 0 Å². The summed E-state index contributed by atoms with van der Waals surface area (Å²) in [5, 5.41) is 32.4. The Kier molecular flexibility index (Phi) is 10.7. The molecule has 0 atom stereocenters. The molecule has 0 saturated heterocycles. The first-order valence-electron chi connectivity index (χ1n) is 18.1. The van der Waals surface area contributed by atoms with E-state index in [-0.39, 0.29) is 11.3 Å². The Morgan fingerprint density at radius 2 is 0.911 bits per heavy atom. The van der Waals surface area contributed by atoms with Crippen molar-refractivity contribution in [3.63, 3.8) is 0 Å². The number of benzene rings is 6. The van der Waals surface area contributed by atoms with Crippen molar-refractivity contribution in [3.05, 3.63) is 178 Å². The van der Waals surface area contributed by atoms with E-state index in [0.717, 1.165) is 50.9 Å². The topological polar surface area (TPSA) is 112 Å². The molecular formula is C47H40O6S3. The van der Waals surface area contributed by atoms with E-state index in [1.165, 1.54) is 0 Å². The summed E-state index contributed by atoms with van der Waals surface area (Å²) in [5.41, 5.74) is -0.0701. The summed E-state index contributed by atoms with van der Waals surface area (Å²) in [6, 6.07) is 46.6. The summed E-state index contributed by atoms with van der Waals surface area (Å²) in [4.78, 5) is 39.7. The highest BCUT2D eigenvalue weighted by Gasteiger charge is 2.55.